The van der Waals surface area contributed by atoms with Crippen molar-refractivity contribution in [3.05, 3.63) is 54.7 Å². The van der Waals surface area contributed by atoms with Gasteiger partial charge in [0.25, 0.3) is 5.91 Å². The highest BCUT2D eigenvalue weighted by Crippen LogP contribution is 2.36. The molecule has 3 heterocycles. The molecule has 1 aromatic heterocycles. The van der Waals surface area contributed by atoms with Crippen molar-refractivity contribution < 1.29 is 14.3 Å². The maximum absolute atomic E-state index is 12.5. The largest absolute Gasteiger partial charge is 0.490 e. The minimum atomic E-state index is -0.230. The van der Waals surface area contributed by atoms with Gasteiger partial charge in [0.2, 0.25) is 0 Å². The number of hydrogen-bond acceptors (Lipinski definition) is 5. The van der Waals surface area contributed by atoms with E-state index in [1.165, 1.54) is 0 Å². The summed E-state index contributed by atoms with van der Waals surface area (Å²) in [6.45, 7) is 2.17. The molecule has 172 valence electrons. The first kappa shape index (κ1) is 21.7. The first-order valence-corrected chi connectivity index (χ1v) is 11.8. The third-order valence-corrected chi connectivity index (χ3v) is 6.62. The molecule has 2 aliphatic heterocycles. The van der Waals surface area contributed by atoms with E-state index in [2.05, 4.69) is 48.2 Å². The van der Waals surface area contributed by atoms with Gasteiger partial charge in [-0.25, -0.2) is 0 Å². The van der Waals surface area contributed by atoms with Crippen LogP contribution < -0.4 is 9.64 Å². The Morgan fingerprint density at radius 1 is 1.06 bits per heavy atom. The van der Waals surface area contributed by atoms with E-state index >= 15 is 0 Å². The molecule has 2 saturated heterocycles. The second kappa shape index (κ2) is 9.40. The molecule has 0 N–H and O–H groups in total. The monoisotopic (exact) mass is 445 g/mol. The topological polar surface area (TPSA) is 54.9 Å². The summed E-state index contributed by atoms with van der Waals surface area (Å²) in [5, 5.41) is 1.14. The second-order valence-corrected chi connectivity index (χ2v) is 9.10. The summed E-state index contributed by atoms with van der Waals surface area (Å²) in [6, 6.07) is 16.5. The molecule has 6 heteroatoms. The molecule has 0 bridgehead atoms. The maximum atomic E-state index is 12.5. The van der Waals surface area contributed by atoms with Crippen molar-refractivity contribution in [3.8, 4) is 16.9 Å². The zero-order valence-electron chi connectivity index (χ0n) is 19.4. The van der Waals surface area contributed by atoms with E-state index in [9.17, 15) is 4.79 Å². The van der Waals surface area contributed by atoms with Crippen LogP contribution >= 0.6 is 0 Å². The van der Waals surface area contributed by atoms with Crippen molar-refractivity contribution >= 4 is 22.5 Å². The number of piperidine rings is 1. The number of para-hydroxylation sites is 1. The van der Waals surface area contributed by atoms with Crippen molar-refractivity contribution in [1.29, 1.82) is 0 Å². The minimum Gasteiger partial charge on any atom is -0.490 e. The number of hydrogen-bond donors (Lipinski definition) is 0. The molecule has 3 aromatic rings. The van der Waals surface area contributed by atoms with E-state index in [1.54, 1.807) is 0 Å². The molecule has 0 unspecified atom stereocenters. The molecule has 2 fully saturated rings. The fraction of sp³-hybridized carbons (Fsp3) is 0.407. The summed E-state index contributed by atoms with van der Waals surface area (Å²) >= 11 is 0. The number of carbonyl (C=O) groups excluding carboxylic acids is 1. The summed E-state index contributed by atoms with van der Waals surface area (Å²) in [4.78, 5) is 21.3. The van der Waals surface area contributed by atoms with E-state index in [-0.39, 0.29) is 18.1 Å². The lowest BCUT2D eigenvalue weighted by atomic mass is 10.0. The van der Waals surface area contributed by atoms with Gasteiger partial charge < -0.3 is 19.3 Å². The lowest BCUT2D eigenvalue weighted by Crippen LogP contribution is -2.45. The van der Waals surface area contributed by atoms with E-state index in [0.717, 1.165) is 72.2 Å². The van der Waals surface area contributed by atoms with Crippen molar-refractivity contribution in [3.63, 3.8) is 0 Å². The molecule has 2 aliphatic rings. The number of ether oxygens (including phenoxy) is 2. The molecule has 33 heavy (non-hydrogen) atoms. The van der Waals surface area contributed by atoms with E-state index < -0.39 is 0 Å². The van der Waals surface area contributed by atoms with Crippen LogP contribution in [0.4, 0.5) is 5.69 Å². The van der Waals surface area contributed by atoms with E-state index in [1.807, 2.05) is 35.4 Å². The third-order valence-electron chi connectivity index (χ3n) is 6.62. The number of nitrogens with zero attached hydrogens (tertiary/aromatic N) is 3. The zero-order chi connectivity index (χ0) is 22.8. The standard InChI is InChI=1S/C27H31N3O3/c1-29(2)26-22-6-3-4-7-24(22)28-18-23(26)19-9-11-20(12-10-19)33-21-13-15-30(16-14-21)27(31)25-8-5-17-32-25/h3-4,6-7,9-12,18,21,25H,5,8,13-17H2,1-2H3/t25-/m1/s1. The lowest BCUT2D eigenvalue weighted by Gasteiger charge is -2.33. The Kier molecular flexibility index (Phi) is 6.18. The number of carbonyl (C=O) groups is 1. The summed E-state index contributed by atoms with van der Waals surface area (Å²) < 4.78 is 11.8. The van der Waals surface area contributed by atoms with Gasteiger partial charge in [-0.3, -0.25) is 9.78 Å². The normalized spacial score (nSPS) is 19.1. The third kappa shape index (κ3) is 4.53. The zero-order valence-corrected chi connectivity index (χ0v) is 19.4. The smallest absolute Gasteiger partial charge is 0.251 e. The van der Waals surface area contributed by atoms with Gasteiger partial charge >= 0.3 is 0 Å². The molecule has 5 rings (SSSR count). The molecule has 2 aromatic carbocycles. The second-order valence-electron chi connectivity index (χ2n) is 9.10. The Labute approximate surface area is 195 Å². The van der Waals surface area contributed by atoms with Crippen LogP contribution in [0.3, 0.4) is 0 Å². The van der Waals surface area contributed by atoms with Crippen LogP contribution in [0, 0.1) is 0 Å². The molecule has 1 amide bonds. The van der Waals surface area contributed by atoms with E-state index in [0.29, 0.717) is 6.61 Å². The average molecular weight is 446 g/mol. The van der Waals surface area contributed by atoms with Gasteiger partial charge in [-0.1, -0.05) is 30.3 Å². The van der Waals surface area contributed by atoms with Gasteiger partial charge in [-0.05, 0) is 36.6 Å². The Hall–Kier alpha value is -3.12. The number of amides is 1. The maximum Gasteiger partial charge on any atom is 0.251 e. The molecule has 0 radical (unpaired) electrons. The fourth-order valence-corrected chi connectivity index (χ4v) is 4.90. The van der Waals surface area contributed by atoms with Gasteiger partial charge in [0.1, 0.15) is 18.0 Å². The Morgan fingerprint density at radius 2 is 1.82 bits per heavy atom. The van der Waals surface area contributed by atoms with Crippen molar-refractivity contribution in [2.24, 2.45) is 0 Å². The first-order valence-electron chi connectivity index (χ1n) is 11.8. The van der Waals surface area contributed by atoms with Gasteiger partial charge in [-0.15, -0.1) is 0 Å². The lowest BCUT2D eigenvalue weighted by molar-refractivity contribution is -0.142. The Morgan fingerprint density at radius 3 is 2.52 bits per heavy atom. The highest BCUT2D eigenvalue weighted by Gasteiger charge is 2.31. The highest BCUT2D eigenvalue weighted by molar-refractivity contribution is 5.99. The summed E-state index contributed by atoms with van der Waals surface area (Å²) in [6.07, 6.45) is 5.38. The molecule has 1 atom stereocenters. The summed E-state index contributed by atoms with van der Waals surface area (Å²) in [5.41, 5.74) is 4.37. The molecule has 6 nitrogen and oxygen atoms in total. The molecular weight excluding hydrogens is 414 g/mol. The van der Waals surface area contributed by atoms with Crippen LogP contribution in [0.1, 0.15) is 25.7 Å². The fourth-order valence-electron chi connectivity index (χ4n) is 4.90. The van der Waals surface area contributed by atoms with Crippen molar-refractivity contribution in [2.45, 2.75) is 37.9 Å². The van der Waals surface area contributed by atoms with Crippen LogP contribution in [0.2, 0.25) is 0 Å². The first-order chi connectivity index (χ1) is 16.1. The number of fused-ring (bicyclic) bond motifs is 1. The number of benzene rings is 2. The van der Waals surface area contributed by atoms with Crippen molar-refractivity contribution in [1.82, 2.24) is 9.88 Å². The Balaban J connectivity index is 1.25. The van der Waals surface area contributed by atoms with Crippen LogP contribution in [-0.4, -0.2) is 61.8 Å². The Bertz CT molecular complexity index is 1120. The number of rotatable bonds is 5. The molecule has 0 aliphatic carbocycles. The van der Waals surface area contributed by atoms with Crippen LogP contribution in [0.15, 0.2) is 54.7 Å². The van der Waals surface area contributed by atoms with Gasteiger partial charge in [0.05, 0.1) is 11.2 Å². The number of anilines is 1. The SMILES string of the molecule is CN(C)c1c(-c2ccc(OC3CCN(C(=O)[C@H]4CCCO4)CC3)cc2)cnc2ccccc12. The molecule has 0 spiro atoms. The van der Waals surface area contributed by atoms with Crippen LogP contribution in [0.25, 0.3) is 22.0 Å². The minimum absolute atomic E-state index is 0.129. The number of pyridine rings is 1. The predicted molar refractivity (Wildman–Crippen MR) is 131 cm³/mol. The van der Waals surface area contributed by atoms with Crippen molar-refractivity contribution in [2.75, 3.05) is 38.7 Å². The summed E-state index contributed by atoms with van der Waals surface area (Å²) in [5.74, 6) is 1.01. The average Bonchev–Trinajstić information content (AvgIpc) is 3.39. The molecular formula is C27H31N3O3. The quantitative estimate of drug-likeness (QED) is 0.578. The number of likely N-dealkylation sites (tertiary alicyclic amines) is 1. The van der Waals surface area contributed by atoms with Crippen LogP contribution in [-0.2, 0) is 9.53 Å². The van der Waals surface area contributed by atoms with Gasteiger partial charge in [0.15, 0.2) is 0 Å². The van der Waals surface area contributed by atoms with E-state index in [4.69, 9.17) is 9.47 Å². The van der Waals surface area contributed by atoms with Gasteiger partial charge in [0, 0.05) is 63.8 Å². The predicted octanol–water partition coefficient (Wildman–Crippen LogP) is 4.52. The van der Waals surface area contributed by atoms with Crippen LogP contribution in [0.5, 0.6) is 5.75 Å². The number of aromatic nitrogens is 1. The summed E-state index contributed by atoms with van der Waals surface area (Å²) in [7, 11) is 4.14. The highest BCUT2D eigenvalue weighted by atomic mass is 16.5. The molecule has 0 saturated carbocycles. The van der Waals surface area contributed by atoms with Gasteiger partial charge in [-0.2, -0.15) is 0 Å².